The lowest BCUT2D eigenvalue weighted by Gasteiger charge is -2.26. The molecule has 0 aliphatic carbocycles. The number of benzene rings is 1. The van der Waals surface area contributed by atoms with Crippen LogP contribution in [0.15, 0.2) is 30.3 Å². The smallest absolute Gasteiger partial charge is 0.344 e. The third-order valence-electron chi connectivity index (χ3n) is 2.98. The van der Waals surface area contributed by atoms with Crippen LogP contribution >= 0.6 is 0 Å². The van der Waals surface area contributed by atoms with Crippen molar-refractivity contribution in [1.82, 2.24) is 5.32 Å². The average molecular weight is 290 g/mol. The molecule has 0 aromatic heterocycles. The maximum atomic E-state index is 12.2. The standard InChI is InChI=1S/C15H18N2O4/c1-3-15(17-11-16,13(18)20-4-2)14(19)21-10-12-8-6-5-7-9-12/h5-9,17H,3-4,10H2,1-2H3. The van der Waals surface area contributed by atoms with Gasteiger partial charge in [0.1, 0.15) is 6.61 Å². The molecule has 1 N–H and O–H groups in total. The Labute approximate surface area is 123 Å². The van der Waals surface area contributed by atoms with Crippen LogP contribution in [0.2, 0.25) is 0 Å². The molecule has 0 saturated heterocycles. The van der Waals surface area contributed by atoms with E-state index in [0.29, 0.717) is 0 Å². The number of nitrogens with one attached hydrogen (secondary N) is 1. The molecule has 0 heterocycles. The highest BCUT2D eigenvalue weighted by Crippen LogP contribution is 2.16. The summed E-state index contributed by atoms with van der Waals surface area (Å²) in [5.41, 5.74) is -1.00. The van der Waals surface area contributed by atoms with Crippen molar-refractivity contribution in [2.24, 2.45) is 0 Å². The molecule has 0 fully saturated rings. The van der Waals surface area contributed by atoms with E-state index in [1.807, 2.05) is 18.2 Å². The Morgan fingerprint density at radius 2 is 1.81 bits per heavy atom. The number of nitriles is 1. The molecule has 6 nitrogen and oxygen atoms in total. The molecule has 0 aliphatic heterocycles. The second kappa shape index (κ2) is 7.90. The van der Waals surface area contributed by atoms with Gasteiger partial charge in [-0.15, -0.1) is 0 Å². The summed E-state index contributed by atoms with van der Waals surface area (Å²) < 4.78 is 10.0. The van der Waals surface area contributed by atoms with Crippen molar-refractivity contribution in [2.75, 3.05) is 6.61 Å². The lowest BCUT2D eigenvalue weighted by atomic mass is 9.96. The van der Waals surface area contributed by atoms with Gasteiger partial charge in [0.25, 0.3) is 0 Å². The first kappa shape index (κ1) is 16.5. The van der Waals surface area contributed by atoms with Gasteiger partial charge in [0, 0.05) is 0 Å². The number of ether oxygens (including phenoxy) is 2. The fourth-order valence-corrected chi connectivity index (χ4v) is 1.76. The van der Waals surface area contributed by atoms with Crippen molar-refractivity contribution in [2.45, 2.75) is 32.4 Å². The predicted octanol–water partition coefficient (Wildman–Crippen LogP) is 1.51. The minimum atomic E-state index is -1.79. The SMILES string of the molecule is CCOC(=O)C(CC)(NC#N)C(=O)OCc1ccccc1. The number of hydrogen-bond acceptors (Lipinski definition) is 6. The van der Waals surface area contributed by atoms with Crippen LogP contribution in [0.4, 0.5) is 0 Å². The topological polar surface area (TPSA) is 88.4 Å². The lowest BCUT2D eigenvalue weighted by Crippen LogP contribution is -2.57. The Hall–Kier alpha value is -2.55. The van der Waals surface area contributed by atoms with Gasteiger partial charge in [-0.2, -0.15) is 5.26 Å². The highest BCUT2D eigenvalue weighted by atomic mass is 16.6. The third-order valence-corrected chi connectivity index (χ3v) is 2.98. The van der Waals surface area contributed by atoms with Gasteiger partial charge < -0.3 is 9.47 Å². The number of rotatable bonds is 7. The molecular formula is C15H18N2O4. The molecule has 112 valence electrons. The largest absolute Gasteiger partial charge is 0.464 e. The van der Waals surface area contributed by atoms with E-state index >= 15 is 0 Å². The van der Waals surface area contributed by atoms with Crippen LogP contribution in [-0.2, 0) is 25.7 Å². The molecule has 0 amide bonds. The summed E-state index contributed by atoms with van der Waals surface area (Å²) in [4.78, 5) is 24.2. The fourth-order valence-electron chi connectivity index (χ4n) is 1.76. The molecule has 0 spiro atoms. The number of carbonyl (C=O) groups is 2. The van der Waals surface area contributed by atoms with Crippen LogP contribution < -0.4 is 5.32 Å². The van der Waals surface area contributed by atoms with Gasteiger partial charge >= 0.3 is 11.9 Å². The quantitative estimate of drug-likeness (QED) is 0.354. The van der Waals surface area contributed by atoms with E-state index in [-0.39, 0.29) is 19.6 Å². The van der Waals surface area contributed by atoms with E-state index in [0.717, 1.165) is 5.56 Å². The number of hydrogen-bond donors (Lipinski definition) is 1. The maximum Gasteiger partial charge on any atom is 0.344 e. The first-order valence-corrected chi connectivity index (χ1v) is 6.65. The lowest BCUT2D eigenvalue weighted by molar-refractivity contribution is -0.166. The molecule has 0 saturated carbocycles. The van der Waals surface area contributed by atoms with E-state index in [2.05, 4.69) is 5.32 Å². The van der Waals surface area contributed by atoms with Crippen molar-refractivity contribution in [3.05, 3.63) is 35.9 Å². The van der Waals surface area contributed by atoms with Gasteiger partial charge in [0.05, 0.1) is 6.61 Å². The summed E-state index contributed by atoms with van der Waals surface area (Å²) in [6.45, 7) is 3.36. The van der Waals surface area contributed by atoms with E-state index in [1.165, 1.54) is 0 Å². The van der Waals surface area contributed by atoms with Crippen molar-refractivity contribution in [1.29, 1.82) is 5.26 Å². The number of esters is 2. The molecule has 6 heteroatoms. The van der Waals surface area contributed by atoms with Crippen LogP contribution in [0, 0.1) is 11.5 Å². The Balaban J connectivity index is 2.85. The van der Waals surface area contributed by atoms with Crippen molar-refractivity contribution in [3.63, 3.8) is 0 Å². The van der Waals surface area contributed by atoms with Gasteiger partial charge in [0.15, 0.2) is 6.19 Å². The molecule has 0 bridgehead atoms. The highest BCUT2D eigenvalue weighted by molar-refractivity contribution is 6.05. The summed E-state index contributed by atoms with van der Waals surface area (Å²) in [6, 6.07) is 9.06. The van der Waals surface area contributed by atoms with Gasteiger partial charge in [-0.1, -0.05) is 37.3 Å². The van der Waals surface area contributed by atoms with E-state index in [9.17, 15) is 9.59 Å². The maximum absolute atomic E-state index is 12.2. The monoisotopic (exact) mass is 290 g/mol. The Morgan fingerprint density at radius 3 is 2.33 bits per heavy atom. The summed E-state index contributed by atoms with van der Waals surface area (Å²) >= 11 is 0. The zero-order chi connectivity index (χ0) is 15.7. The summed E-state index contributed by atoms with van der Waals surface area (Å²) in [5.74, 6) is -1.64. The van der Waals surface area contributed by atoms with E-state index in [1.54, 1.807) is 32.2 Å². The fraction of sp³-hybridized carbons (Fsp3) is 0.400. The zero-order valence-electron chi connectivity index (χ0n) is 12.1. The van der Waals surface area contributed by atoms with Gasteiger partial charge in [-0.25, -0.2) is 9.59 Å². The van der Waals surface area contributed by atoms with Crippen LogP contribution in [0.5, 0.6) is 0 Å². The van der Waals surface area contributed by atoms with Crippen LogP contribution in [0.3, 0.4) is 0 Å². The summed E-state index contributed by atoms with van der Waals surface area (Å²) in [6.07, 6.45) is 1.67. The van der Waals surface area contributed by atoms with Gasteiger partial charge in [-0.3, -0.25) is 5.32 Å². The number of carbonyl (C=O) groups excluding carboxylic acids is 2. The predicted molar refractivity (Wildman–Crippen MR) is 74.6 cm³/mol. The molecule has 0 radical (unpaired) electrons. The van der Waals surface area contributed by atoms with Crippen molar-refractivity contribution in [3.8, 4) is 6.19 Å². The summed E-state index contributed by atoms with van der Waals surface area (Å²) in [5, 5.41) is 11.0. The molecule has 1 atom stereocenters. The third kappa shape index (κ3) is 3.96. The molecule has 21 heavy (non-hydrogen) atoms. The molecular weight excluding hydrogens is 272 g/mol. The molecule has 0 aliphatic rings. The number of nitrogens with zero attached hydrogens (tertiary/aromatic N) is 1. The van der Waals surface area contributed by atoms with Crippen LogP contribution in [-0.4, -0.2) is 24.1 Å². The molecule has 1 unspecified atom stereocenters. The minimum Gasteiger partial charge on any atom is -0.464 e. The van der Waals surface area contributed by atoms with Gasteiger partial charge in [-0.05, 0) is 18.9 Å². The highest BCUT2D eigenvalue weighted by Gasteiger charge is 2.47. The summed E-state index contributed by atoms with van der Waals surface area (Å²) in [7, 11) is 0. The Kier molecular flexibility index (Phi) is 6.21. The van der Waals surface area contributed by atoms with Gasteiger partial charge in [0.2, 0.25) is 5.54 Å². The van der Waals surface area contributed by atoms with Crippen molar-refractivity contribution < 1.29 is 19.1 Å². The first-order chi connectivity index (χ1) is 10.1. The minimum absolute atomic E-state index is 0.0218. The molecule has 1 aromatic carbocycles. The second-order valence-electron chi connectivity index (χ2n) is 4.28. The first-order valence-electron chi connectivity index (χ1n) is 6.65. The van der Waals surface area contributed by atoms with Crippen molar-refractivity contribution >= 4 is 11.9 Å². The van der Waals surface area contributed by atoms with Crippen LogP contribution in [0.25, 0.3) is 0 Å². The Bertz CT molecular complexity index is 524. The Morgan fingerprint density at radius 1 is 1.19 bits per heavy atom. The zero-order valence-corrected chi connectivity index (χ0v) is 12.1. The second-order valence-corrected chi connectivity index (χ2v) is 4.28. The molecule has 1 rings (SSSR count). The van der Waals surface area contributed by atoms with E-state index in [4.69, 9.17) is 14.7 Å². The van der Waals surface area contributed by atoms with Crippen LogP contribution in [0.1, 0.15) is 25.8 Å². The average Bonchev–Trinajstić information content (AvgIpc) is 2.51. The van der Waals surface area contributed by atoms with E-state index < -0.39 is 17.5 Å². The molecule has 1 aromatic rings. The normalized spacial score (nSPS) is 12.6.